The predicted molar refractivity (Wildman–Crippen MR) is 74.5 cm³/mol. The van der Waals surface area contributed by atoms with Crippen molar-refractivity contribution in [2.45, 2.75) is 46.3 Å². The van der Waals surface area contributed by atoms with Crippen molar-refractivity contribution >= 4 is 6.09 Å². The van der Waals surface area contributed by atoms with E-state index in [-0.39, 0.29) is 12.1 Å². The molecular formula is C14H23N3O3. The van der Waals surface area contributed by atoms with Gasteiger partial charge in [-0.3, -0.25) is 0 Å². The van der Waals surface area contributed by atoms with Crippen molar-refractivity contribution in [2.75, 3.05) is 19.6 Å². The molecule has 1 N–H and O–H groups in total. The highest BCUT2D eigenvalue weighted by molar-refractivity contribution is 5.68. The summed E-state index contributed by atoms with van der Waals surface area (Å²) >= 11 is 0. The molecule has 0 radical (unpaired) electrons. The fraction of sp³-hybridized carbons (Fsp3) is 0.714. The van der Waals surface area contributed by atoms with Gasteiger partial charge in [-0.1, -0.05) is 0 Å². The Morgan fingerprint density at radius 1 is 1.45 bits per heavy atom. The predicted octanol–water partition coefficient (Wildman–Crippen LogP) is 2.17. The van der Waals surface area contributed by atoms with Crippen molar-refractivity contribution < 1.29 is 13.9 Å². The lowest BCUT2D eigenvalue weighted by Gasteiger charge is -2.33. The van der Waals surface area contributed by atoms with Gasteiger partial charge in [-0.2, -0.15) is 0 Å². The van der Waals surface area contributed by atoms with E-state index in [9.17, 15) is 4.79 Å². The van der Waals surface area contributed by atoms with Crippen molar-refractivity contribution in [3.63, 3.8) is 0 Å². The second-order valence-corrected chi connectivity index (χ2v) is 6.13. The fourth-order valence-electron chi connectivity index (χ4n) is 2.05. The van der Waals surface area contributed by atoms with Crippen LogP contribution >= 0.6 is 0 Å². The smallest absolute Gasteiger partial charge is 0.410 e. The van der Waals surface area contributed by atoms with Gasteiger partial charge in [0.2, 0.25) is 5.89 Å². The molecule has 112 valence electrons. The lowest BCUT2D eigenvalue weighted by atomic mass is 10.2. The minimum atomic E-state index is -0.479. The van der Waals surface area contributed by atoms with E-state index < -0.39 is 5.60 Å². The van der Waals surface area contributed by atoms with Gasteiger partial charge >= 0.3 is 6.09 Å². The van der Waals surface area contributed by atoms with Crippen LogP contribution in [0.1, 0.15) is 44.2 Å². The van der Waals surface area contributed by atoms with E-state index in [2.05, 4.69) is 10.3 Å². The summed E-state index contributed by atoms with van der Waals surface area (Å²) in [6, 6.07) is -0.0799. The summed E-state index contributed by atoms with van der Waals surface area (Å²) in [6.07, 6.45) is -0.288. The van der Waals surface area contributed by atoms with Crippen molar-refractivity contribution in [3.05, 3.63) is 17.3 Å². The molecule has 1 aromatic heterocycles. The average molecular weight is 281 g/mol. The zero-order valence-corrected chi connectivity index (χ0v) is 12.8. The second kappa shape index (κ2) is 5.44. The van der Waals surface area contributed by atoms with E-state index >= 15 is 0 Å². The number of carbonyl (C=O) groups excluding carboxylic acids is 1. The molecule has 1 amide bonds. The molecule has 1 aliphatic rings. The number of nitrogens with one attached hydrogen (secondary N) is 1. The highest BCUT2D eigenvalue weighted by atomic mass is 16.6. The van der Waals surface area contributed by atoms with Crippen LogP contribution in [0, 0.1) is 13.8 Å². The lowest BCUT2D eigenvalue weighted by molar-refractivity contribution is 0.0186. The van der Waals surface area contributed by atoms with Crippen LogP contribution in [0.25, 0.3) is 0 Å². The summed E-state index contributed by atoms with van der Waals surface area (Å²) in [6.45, 7) is 11.2. The van der Waals surface area contributed by atoms with Gasteiger partial charge in [-0.25, -0.2) is 9.78 Å². The SMILES string of the molecule is Cc1nc(C2CN(C(=O)OC(C)(C)C)CCN2)oc1C. The maximum atomic E-state index is 12.1. The molecular weight excluding hydrogens is 258 g/mol. The third-order valence-electron chi connectivity index (χ3n) is 3.17. The molecule has 0 aliphatic carbocycles. The molecule has 1 aliphatic heterocycles. The number of nitrogens with zero attached hydrogens (tertiary/aromatic N) is 2. The molecule has 1 aromatic rings. The highest BCUT2D eigenvalue weighted by Crippen LogP contribution is 2.20. The van der Waals surface area contributed by atoms with E-state index in [1.165, 1.54) is 0 Å². The van der Waals surface area contributed by atoms with Gasteiger partial charge in [0.05, 0.1) is 5.69 Å². The molecule has 2 rings (SSSR count). The van der Waals surface area contributed by atoms with Crippen LogP contribution < -0.4 is 5.32 Å². The molecule has 6 heteroatoms. The van der Waals surface area contributed by atoms with Crippen LogP contribution in [-0.2, 0) is 4.74 Å². The summed E-state index contributed by atoms with van der Waals surface area (Å²) in [4.78, 5) is 18.2. The van der Waals surface area contributed by atoms with Gasteiger partial charge in [-0.15, -0.1) is 0 Å². The van der Waals surface area contributed by atoms with Gasteiger partial charge in [0.15, 0.2) is 0 Å². The fourth-order valence-corrected chi connectivity index (χ4v) is 2.05. The Balaban J connectivity index is 2.03. The summed E-state index contributed by atoms with van der Waals surface area (Å²) in [5.74, 6) is 1.45. The van der Waals surface area contributed by atoms with Crippen molar-refractivity contribution in [3.8, 4) is 0 Å². The molecule has 1 unspecified atom stereocenters. The molecule has 1 saturated heterocycles. The standard InChI is InChI=1S/C14H23N3O3/c1-9-10(2)19-12(16-9)11-8-17(7-6-15-11)13(18)20-14(3,4)5/h11,15H,6-8H2,1-5H3. The van der Waals surface area contributed by atoms with Gasteiger partial charge in [0, 0.05) is 19.6 Å². The topological polar surface area (TPSA) is 67.6 Å². The number of piperazine rings is 1. The molecule has 0 spiro atoms. The molecule has 0 saturated carbocycles. The van der Waals surface area contributed by atoms with Crippen LogP contribution in [0.15, 0.2) is 4.42 Å². The number of aryl methyl sites for hydroxylation is 2. The van der Waals surface area contributed by atoms with Crippen molar-refractivity contribution in [2.24, 2.45) is 0 Å². The summed E-state index contributed by atoms with van der Waals surface area (Å²) in [7, 11) is 0. The number of oxazole rings is 1. The minimum Gasteiger partial charge on any atom is -0.444 e. The number of hydrogen-bond acceptors (Lipinski definition) is 5. The number of carbonyl (C=O) groups is 1. The van der Waals surface area contributed by atoms with Crippen LogP contribution in [0.3, 0.4) is 0 Å². The number of amides is 1. The quantitative estimate of drug-likeness (QED) is 0.854. The van der Waals surface area contributed by atoms with Gasteiger partial charge in [-0.05, 0) is 34.6 Å². The first-order chi connectivity index (χ1) is 9.26. The molecule has 0 bridgehead atoms. The first kappa shape index (κ1) is 14.8. The van der Waals surface area contributed by atoms with Gasteiger partial charge in [0.1, 0.15) is 17.4 Å². The zero-order valence-electron chi connectivity index (χ0n) is 12.8. The zero-order chi connectivity index (χ0) is 14.9. The number of rotatable bonds is 1. The molecule has 1 atom stereocenters. The normalized spacial score (nSPS) is 20.1. The summed E-state index contributed by atoms with van der Waals surface area (Å²) in [5, 5.41) is 3.32. The maximum Gasteiger partial charge on any atom is 0.410 e. The van der Waals surface area contributed by atoms with Crippen molar-refractivity contribution in [1.29, 1.82) is 0 Å². The molecule has 20 heavy (non-hydrogen) atoms. The number of aromatic nitrogens is 1. The Bertz CT molecular complexity index is 471. The first-order valence-electron chi connectivity index (χ1n) is 6.91. The molecule has 0 aromatic carbocycles. The van der Waals surface area contributed by atoms with Crippen LogP contribution in [0.5, 0.6) is 0 Å². The average Bonchev–Trinajstić information content (AvgIpc) is 2.68. The molecule has 6 nitrogen and oxygen atoms in total. The Morgan fingerprint density at radius 3 is 2.70 bits per heavy atom. The van der Waals surface area contributed by atoms with Gasteiger partial charge < -0.3 is 19.4 Å². The Hall–Kier alpha value is -1.56. The third-order valence-corrected chi connectivity index (χ3v) is 3.17. The molecule has 2 heterocycles. The van der Waals surface area contributed by atoms with E-state index in [4.69, 9.17) is 9.15 Å². The molecule has 1 fully saturated rings. The van der Waals surface area contributed by atoms with Crippen molar-refractivity contribution in [1.82, 2.24) is 15.2 Å². The number of hydrogen-bond donors (Lipinski definition) is 1. The number of ether oxygens (including phenoxy) is 1. The Kier molecular flexibility index (Phi) is 4.04. The van der Waals surface area contributed by atoms with E-state index in [0.717, 1.165) is 11.5 Å². The monoisotopic (exact) mass is 281 g/mol. The minimum absolute atomic E-state index is 0.0799. The van der Waals surface area contributed by atoms with Crippen LogP contribution in [0.2, 0.25) is 0 Å². The first-order valence-corrected chi connectivity index (χ1v) is 6.91. The van der Waals surface area contributed by atoms with Crippen LogP contribution in [0.4, 0.5) is 4.79 Å². The third kappa shape index (κ3) is 3.50. The summed E-state index contributed by atoms with van der Waals surface area (Å²) in [5.41, 5.74) is 0.407. The maximum absolute atomic E-state index is 12.1. The van der Waals surface area contributed by atoms with Gasteiger partial charge in [0.25, 0.3) is 0 Å². The van der Waals surface area contributed by atoms with E-state index in [1.807, 2.05) is 34.6 Å². The largest absolute Gasteiger partial charge is 0.444 e. The Morgan fingerprint density at radius 2 is 2.15 bits per heavy atom. The lowest BCUT2D eigenvalue weighted by Crippen LogP contribution is -2.49. The second-order valence-electron chi connectivity index (χ2n) is 6.13. The van der Waals surface area contributed by atoms with Crippen LogP contribution in [-0.4, -0.2) is 41.2 Å². The Labute approximate surface area is 119 Å². The summed E-state index contributed by atoms with van der Waals surface area (Å²) < 4.78 is 11.0. The highest BCUT2D eigenvalue weighted by Gasteiger charge is 2.30. The van der Waals surface area contributed by atoms with E-state index in [0.29, 0.717) is 25.5 Å². The van der Waals surface area contributed by atoms with E-state index in [1.54, 1.807) is 4.90 Å².